The van der Waals surface area contributed by atoms with Crippen molar-refractivity contribution in [1.29, 1.82) is 0 Å². The zero-order chi connectivity index (χ0) is 14.6. The molecular formula is C12H20ClN3O2S. The number of hydrogen-bond acceptors (Lipinski definition) is 4. The molecule has 0 fully saturated rings. The van der Waals surface area contributed by atoms with Gasteiger partial charge < -0.3 is 5.32 Å². The summed E-state index contributed by atoms with van der Waals surface area (Å²) in [6.07, 6.45) is 2.13. The fourth-order valence-electron chi connectivity index (χ4n) is 1.49. The lowest BCUT2D eigenvalue weighted by atomic mass is 10.1. The molecule has 1 aromatic rings. The van der Waals surface area contributed by atoms with Crippen molar-refractivity contribution >= 4 is 27.4 Å². The molecule has 0 amide bonds. The topological polar surface area (TPSA) is 62.3 Å². The van der Waals surface area contributed by atoms with Crippen LogP contribution >= 0.6 is 11.6 Å². The molecule has 1 aromatic heterocycles. The standard InChI is InChI=1S/C12H20ClN3O2S/c1-9(2)5-6-16(4)19(17,18)10-7-11(13)12(14-3)15-8-10/h7-9H,5-6H2,1-4H3,(H,14,15). The Labute approximate surface area is 120 Å². The zero-order valence-electron chi connectivity index (χ0n) is 11.6. The first-order valence-corrected chi connectivity index (χ1v) is 7.90. The van der Waals surface area contributed by atoms with E-state index >= 15 is 0 Å². The Balaban J connectivity index is 2.96. The van der Waals surface area contributed by atoms with Crippen LogP contribution in [-0.2, 0) is 10.0 Å². The first kappa shape index (κ1) is 16.2. The highest BCUT2D eigenvalue weighted by atomic mass is 35.5. The first-order valence-electron chi connectivity index (χ1n) is 6.08. The summed E-state index contributed by atoms with van der Waals surface area (Å²) in [5.74, 6) is 0.913. The number of pyridine rings is 1. The molecule has 0 aromatic carbocycles. The van der Waals surface area contributed by atoms with Crippen LogP contribution in [0.15, 0.2) is 17.2 Å². The molecule has 0 unspecified atom stereocenters. The van der Waals surface area contributed by atoms with Gasteiger partial charge in [0, 0.05) is 26.8 Å². The molecule has 0 spiro atoms. The van der Waals surface area contributed by atoms with Crippen LogP contribution < -0.4 is 5.32 Å². The molecule has 0 bridgehead atoms. The van der Waals surface area contributed by atoms with Gasteiger partial charge in [0.2, 0.25) is 10.0 Å². The van der Waals surface area contributed by atoms with E-state index in [1.165, 1.54) is 16.6 Å². The minimum absolute atomic E-state index is 0.114. The largest absolute Gasteiger partial charge is 0.372 e. The van der Waals surface area contributed by atoms with Crippen LogP contribution in [0.3, 0.4) is 0 Å². The van der Waals surface area contributed by atoms with Gasteiger partial charge in [0.05, 0.1) is 5.02 Å². The van der Waals surface area contributed by atoms with Crippen molar-refractivity contribution in [3.8, 4) is 0 Å². The summed E-state index contributed by atoms with van der Waals surface area (Å²) in [4.78, 5) is 4.11. The number of aromatic nitrogens is 1. The van der Waals surface area contributed by atoms with E-state index < -0.39 is 10.0 Å². The maximum atomic E-state index is 12.3. The van der Waals surface area contributed by atoms with E-state index in [0.29, 0.717) is 23.3 Å². The summed E-state index contributed by atoms with van der Waals surface area (Å²) < 4.78 is 25.9. The second-order valence-corrected chi connectivity index (χ2v) is 7.21. The maximum Gasteiger partial charge on any atom is 0.244 e. The third-order valence-electron chi connectivity index (χ3n) is 2.78. The third-order valence-corrected chi connectivity index (χ3v) is 4.89. The minimum atomic E-state index is -3.52. The summed E-state index contributed by atoms with van der Waals surface area (Å²) in [7, 11) is -0.279. The van der Waals surface area contributed by atoms with E-state index in [9.17, 15) is 8.42 Å². The fraction of sp³-hybridized carbons (Fsp3) is 0.583. The van der Waals surface area contributed by atoms with Gasteiger partial charge in [-0.15, -0.1) is 0 Å². The van der Waals surface area contributed by atoms with Gasteiger partial charge in [-0.2, -0.15) is 0 Å². The number of nitrogens with zero attached hydrogens (tertiary/aromatic N) is 2. The summed E-state index contributed by atoms with van der Waals surface area (Å²) in [6.45, 7) is 4.59. The number of nitrogens with one attached hydrogen (secondary N) is 1. The SMILES string of the molecule is CNc1ncc(S(=O)(=O)N(C)CCC(C)C)cc1Cl. The number of sulfonamides is 1. The minimum Gasteiger partial charge on any atom is -0.372 e. The van der Waals surface area contributed by atoms with Crippen molar-refractivity contribution in [2.75, 3.05) is 26.0 Å². The van der Waals surface area contributed by atoms with Crippen molar-refractivity contribution < 1.29 is 8.42 Å². The lowest BCUT2D eigenvalue weighted by Crippen LogP contribution is -2.28. The number of hydrogen-bond donors (Lipinski definition) is 1. The van der Waals surface area contributed by atoms with E-state index in [4.69, 9.17) is 11.6 Å². The lowest BCUT2D eigenvalue weighted by Gasteiger charge is -2.18. The Kier molecular flexibility index (Phi) is 5.58. The van der Waals surface area contributed by atoms with Gasteiger partial charge in [0.15, 0.2) is 0 Å². The Morgan fingerprint density at radius 3 is 2.58 bits per heavy atom. The quantitative estimate of drug-likeness (QED) is 0.877. The molecule has 1 heterocycles. The monoisotopic (exact) mass is 305 g/mol. The van der Waals surface area contributed by atoms with Gasteiger partial charge in [0.25, 0.3) is 0 Å². The number of halogens is 1. The van der Waals surface area contributed by atoms with Crippen LogP contribution in [0.5, 0.6) is 0 Å². The molecule has 0 aliphatic heterocycles. The van der Waals surface area contributed by atoms with E-state index in [2.05, 4.69) is 24.1 Å². The van der Waals surface area contributed by atoms with Gasteiger partial charge in [-0.3, -0.25) is 0 Å². The van der Waals surface area contributed by atoms with Crippen molar-refractivity contribution in [2.24, 2.45) is 5.92 Å². The molecule has 0 saturated heterocycles. The van der Waals surface area contributed by atoms with Crippen LogP contribution in [0.25, 0.3) is 0 Å². The highest BCUT2D eigenvalue weighted by Crippen LogP contribution is 2.23. The molecule has 0 aliphatic carbocycles. The molecule has 19 heavy (non-hydrogen) atoms. The van der Waals surface area contributed by atoms with Gasteiger partial charge in [-0.05, 0) is 18.4 Å². The fourth-order valence-corrected chi connectivity index (χ4v) is 2.97. The second-order valence-electron chi connectivity index (χ2n) is 4.76. The molecule has 5 nitrogen and oxygen atoms in total. The van der Waals surface area contributed by atoms with Crippen LogP contribution in [0.2, 0.25) is 5.02 Å². The Morgan fingerprint density at radius 1 is 1.47 bits per heavy atom. The van der Waals surface area contributed by atoms with Crippen LogP contribution in [0.4, 0.5) is 5.82 Å². The molecule has 1 N–H and O–H groups in total. The van der Waals surface area contributed by atoms with E-state index in [0.717, 1.165) is 6.42 Å². The molecule has 7 heteroatoms. The smallest absolute Gasteiger partial charge is 0.244 e. The predicted octanol–water partition coefficient (Wildman–Crippen LogP) is 2.44. The van der Waals surface area contributed by atoms with Crippen molar-refractivity contribution in [3.63, 3.8) is 0 Å². The summed E-state index contributed by atoms with van der Waals surface area (Å²) in [6, 6.07) is 1.42. The van der Waals surface area contributed by atoms with Crippen LogP contribution in [-0.4, -0.2) is 38.3 Å². The molecule has 0 aliphatic rings. The highest BCUT2D eigenvalue weighted by molar-refractivity contribution is 7.89. The maximum absolute atomic E-state index is 12.3. The van der Waals surface area contributed by atoms with E-state index in [1.807, 2.05) is 0 Å². The molecular weight excluding hydrogens is 286 g/mol. The second kappa shape index (κ2) is 6.54. The van der Waals surface area contributed by atoms with Crippen molar-refractivity contribution in [3.05, 3.63) is 17.3 Å². The molecule has 1 rings (SSSR count). The normalized spacial score (nSPS) is 12.2. The predicted molar refractivity (Wildman–Crippen MR) is 78.1 cm³/mol. The average molecular weight is 306 g/mol. The van der Waals surface area contributed by atoms with Crippen molar-refractivity contribution in [2.45, 2.75) is 25.2 Å². The van der Waals surface area contributed by atoms with Gasteiger partial charge in [-0.1, -0.05) is 25.4 Å². The summed E-state index contributed by atoms with van der Waals surface area (Å²) >= 11 is 5.96. The average Bonchev–Trinajstić information content (AvgIpc) is 2.35. The van der Waals surface area contributed by atoms with Crippen molar-refractivity contribution in [1.82, 2.24) is 9.29 Å². The Hall–Kier alpha value is -0.850. The first-order chi connectivity index (χ1) is 8.78. The number of rotatable bonds is 6. The van der Waals surface area contributed by atoms with E-state index in [-0.39, 0.29) is 4.90 Å². The summed E-state index contributed by atoms with van der Waals surface area (Å²) in [5.41, 5.74) is 0. The van der Waals surface area contributed by atoms with Crippen LogP contribution in [0, 0.1) is 5.92 Å². The molecule has 108 valence electrons. The number of anilines is 1. The molecule has 0 saturated carbocycles. The van der Waals surface area contributed by atoms with Gasteiger partial charge >= 0.3 is 0 Å². The Morgan fingerprint density at radius 2 is 2.11 bits per heavy atom. The lowest BCUT2D eigenvalue weighted by molar-refractivity contribution is 0.428. The zero-order valence-corrected chi connectivity index (χ0v) is 13.2. The molecule has 0 radical (unpaired) electrons. The highest BCUT2D eigenvalue weighted by Gasteiger charge is 2.22. The van der Waals surface area contributed by atoms with Gasteiger partial charge in [-0.25, -0.2) is 17.7 Å². The summed E-state index contributed by atoms with van der Waals surface area (Å²) in [5, 5.41) is 3.08. The molecule has 0 atom stereocenters. The van der Waals surface area contributed by atoms with E-state index in [1.54, 1.807) is 14.1 Å². The van der Waals surface area contributed by atoms with Crippen LogP contribution in [0.1, 0.15) is 20.3 Å². The van der Waals surface area contributed by atoms with Gasteiger partial charge in [0.1, 0.15) is 10.7 Å². The Bertz CT molecular complexity index is 532. The third kappa shape index (κ3) is 4.06.